The molecule has 124 valence electrons. The number of nitrogens with one attached hydrogen (secondary N) is 1. The predicted molar refractivity (Wildman–Crippen MR) is 98.7 cm³/mol. The highest BCUT2D eigenvalue weighted by atomic mass is 32.2. The van der Waals surface area contributed by atoms with Crippen molar-refractivity contribution in [2.75, 3.05) is 25.0 Å². The molecule has 6 nitrogen and oxygen atoms in total. The first-order chi connectivity index (χ1) is 11.7. The minimum atomic E-state index is -0.0564. The van der Waals surface area contributed by atoms with Gasteiger partial charge in [0.2, 0.25) is 5.91 Å². The number of aromatic nitrogens is 1. The maximum atomic E-state index is 12.3. The van der Waals surface area contributed by atoms with E-state index >= 15 is 0 Å². The van der Waals surface area contributed by atoms with Gasteiger partial charge in [0, 0.05) is 12.2 Å². The standard InChI is InChI=1S/C16H16N4O2S2/c1-2-22-11-3-4-12-13(8-11)24-15(18-12)19-14(21)7-10-9-23-16-17-5-6-20(10)16/h3-4,8-9H,2,5-7H2,1H3,(H,18,19,21). The summed E-state index contributed by atoms with van der Waals surface area (Å²) in [7, 11) is 0. The number of amides is 1. The number of hydrogen-bond donors (Lipinski definition) is 1. The molecule has 0 spiro atoms. The van der Waals surface area contributed by atoms with Gasteiger partial charge in [-0.1, -0.05) is 23.1 Å². The van der Waals surface area contributed by atoms with Crippen LogP contribution in [0, 0.1) is 0 Å². The summed E-state index contributed by atoms with van der Waals surface area (Å²) in [5, 5.41) is 6.52. The van der Waals surface area contributed by atoms with E-state index in [1.165, 1.54) is 11.3 Å². The van der Waals surface area contributed by atoms with Crippen molar-refractivity contribution in [1.29, 1.82) is 0 Å². The lowest BCUT2D eigenvalue weighted by atomic mass is 10.3. The van der Waals surface area contributed by atoms with Gasteiger partial charge in [0.1, 0.15) is 5.75 Å². The molecule has 0 aliphatic carbocycles. The van der Waals surface area contributed by atoms with Gasteiger partial charge < -0.3 is 15.0 Å². The highest BCUT2D eigenvalue weighted by Crippen LogP contribution is 2.32. The highest BCUT2D eigenvalue weighted by molar-refractivity contribution is 8.16. The number of carbonyl (C=O) groups excluding carboxylic acids is 1. The van der Waals surface area contributed by atoms with E-state index in [9.17, 15) is 4.79 Å². The maximum absolute atomic E-state index is 12.3. The number of thiazole rings is 1. The largest absolute Gasteiger partial charge is 0.494 e. The lowest BCUT2D eigenvalue weighted by Crippen LogP contribution is -2.24. The van der Waals surface area contributed by atoms with Crippen molar-refractivity contribution in [2.45, 2.75) is 13.3 Å². The van der Waals surface area contributed by atoms with Crippen molar-refractivity contribution in [3.63, 3.8) is 0 Å². The van der Waals surface area contributed by atoms with Crippen molar-refractivity contribution in [3.05, 3.63) is 29.3 Å². The maximum Gasteiger partial charge on any atom is 0.232 e. The van der Waals surface area contributed by atoms with Crippen molar-refractivity contribution in [3.8, 4) is 5.75 Å². The molecule has 4 rings (SSSR count). The van der Waals surface area contributed by atoms with Gasteiger partial charge in [-0.25, -0.2) is 4.98 Å². The molecule has 2 aliphatic rings. The van der Waals surface area contributed by atoms with Crippen LogP contribution in [-0.4, -0.2) is 40.7 Å². The number of ether oxygens (including phenoxy) is 1. The second-order valence-electron chi connectivity index (χ2n) is 5.35. The van der Waals surface area contributed by atoms with Crippen molar-refractivity contribution in [2.24, 2.45) is 4.99 Å². The summed E-state index contributed by atoms with van der Waals surface area (Å²) < 4.78 is 6.50. The Morgan fingerprint density at radius 2 is 2.38 bits per heavy atom. The monoisotopic (exact) mass is 360 g/mol. The van der Waals surface area contributed by atoms with Crippen LogP contribution in [0.3, 0.4) is 0 Å². The number of nitrogens with zero attached hydrogens (tertiary/aromatic N) is 3. The third-order valence-corrected chi connectivity index (χ3v) is 5.59. The van der Waals surface area contributed by atoms with Crippen molar-refractivity contribution >= 4 is 49.5 Å². The summed E-state index contributed by atoms with van der Waals surface area (Å²) in [4.78, 5) is 23.3. The summed E-state index contributed by atoms with van der Waals surface area (Å²) in [5.74, 6) is 0.764. The van der Waals surface area contributed by atoms with E-state index in [2.05, 4.69) is 20.2 Å². The first kappa shape index (κ1) is 15.5. The fourth-order valence-electron chi connectivity index (χ4n) is 2.66. The van der Waals surface area contributed by atoms with E-state index in [1.54, 1.807) is 11.8 Å². The van der Waals surface area contributed by atoms with E-state index in [0.717, 1.165) is 39.9 Å². The lowest BCUT2D eigenvalue weighted by molar-refractivity contribution is -0.115. The first-order valence-corrected chi connectivity index (χ1v) is 9.43. The fourth-order valence-corrected chi connectivity index (χ4v) is 4.52. The third kappa shape index (κ3) is 2.99. The summed E-state index contributed by atoms with van der Waals surface area (Å²) in [6, 6.07) is 5.76. The highest BCUT2D eigenvalue weighted by Gasteiger charge is 2.27. The molecule has 24 heavy (non-hydrogen) atoms. The van der Waals surface area contributed by atoms with Crippen molar-refractivity contribution in [1.82, 2.24) is 9.88 Å². The van der Waals surface area contributed by atoms with E-state index < -0.39 is 0 Å². The van der Waals surface area contributed by atoms with Crippen LogP contribution >= 0.6 is 23.1 Å². The molecular weight excluding hydrogens is 344 g/mol. The summed E-state index contributed by atoms with van der Waals surface area (Å²) >= 11 is 3.04. The topological polar surface area (TPSA) is 66.8 Å². The molecule has 0 radical (unpaired) electrons. The number of thioether (sulfide) groups is 1. The van der Waals surface area contributed by atoms with Crippen LogP contribution in [-0.2, 0) is 4.79 Å². The van der Waals surface area contributed by atoms with Crippen LogP contribution < -0.4 is 10.1 Å². The Hall–Kier alpha value is -2.06. The summed E-state index contributed by atoms with van der Waals surface area (Å²) in [6.45, 7) is 4.25. The number of carbonyl (C=O) groups is 1. The van der Waals surface area contributed by atoms with Gasteiger partial charge in [0.05, 0.1) is 29.8 Å². The molecule has 0 bridgehead atoms. The molecule has 3 heterocycles. The molecule has 2 aromatic rings. The second kappa shape index (κ2) is 6.45. The molecule has 0 saturated heterocycles. The zero-order valence-corrected chi connectivity index (χ0v) is 14.7. The molecular formula is C16H16N4O2S2. The molecule has 1 aromatic heterocycles. The number of amidine groups is 1. The Balaban J connectivity index is 1.44. The van der Waals surface area contributed by atoms with Crippen LogP contribution in [0.25, 0.3) is 10.2 Å². The zero-order chi connectivity index (χ0) is 16.5. The van der Waals surface area contributed by atoms with Gasteiger partial charge in [-0.3, -0.25) is 9.79 Å². The van der Waals surface area contributed by atoms with E-state index in [4.69, 9.17) is 4.74 Å². The normalized spacial score (nSPS) is 16.1. The van der Waals surface area contributed by atoms with Gasteiger partial charge in [0.15, 0.2) is 10.3 Å². The SMILES string of the molecule is CCOc1ccc2nc(NC(=O)CC3=CSC4=NCCN34)sc2c1. The van der Waals surface area contributed by atoms with Crippen LogP contribution in [0.2, 0.25) is 0 Å². The Kier molecular flexibility index (Phi) is 4.15. The molecule has 0 atom stereocenters. The first-order valence-electron chi connectivity index (χ1n) is 7.74. The average molecular weight is 360 g/mol. The van der Waals surface area contributed by atoms with E-state index in [0.29, 0.717) is 18.2 Å². The predicted octanol–water partition coefficient (Wildman–Crippen LogP) is 3.28. The Morgan fingerprint density at radius 3 is 3.25 bits per heavy atom. The van der Waals surface area contributed by atoms with Crippen LogP contribution in [0.4, 0.5) is 5.13 Å². The molecule has 1 aromatic carbocycles. The van der Waals surface area contributed by atoms with E-state index in [1.807, 2.05) is 30.5 Å². The molecule has 8 heteroatoms. The number of aliphatic imine (C=N–C) groups is 1. The van der Waals surface area contributed by atoms with Gasteiger partial charge in [-0.2, -0.15) is 0 Å². The van der Waals surface area contributed by atoms with Gasteiger partial charge in [-0.15, -0.1) is 0 Å². The third-order valence-electron chi connectivity index (χ3n) is 3.71. The average Bonchev–Trinajstić information content (AvgIpc) is 3.24. The molecule has 2 aliphatic heterocycles. The van der Waals surface area contributed by atoms with Crippen LogP contribution in [0.1, 0.15) is 13.3 Å². The van der Waals surface area contributed by atoms with Crippen LogP contribution in [0.15, 0.2) is 34.3 Å². The molecule has 0 saturated carbocycles. The minimum absolute atomic E-state index is 0.0564. The number of anilines is 1. The van der Waals surface area contributed by atoms with Crippen LogP contribution in [0.5, 0.6) is 5.75 Å². The Labute approximate surface area is 147 Å². The molecule has 1 N–H and O–H groups in total. The quantitative estimate of drug-likeness (QED) is 0.886. The zero-order valence-electron chi connectivity index (χ0n) is 13.1. The van der Waals surface area contributed by atoms with Gasteiger partial charge in [-0.05, 0) is 30.5 Å². The lowest BCUT2D eigenvalue weighted by Gasteiger charge is -2.15. The van der Waals surface area contributed by atoms with Gasteiger partial charge >= 0.3 is 0 Å². The molecule has 0 unspecified atom stereocenters. The van der Waals surface area contributed by atoms with Crippen molar-refractivity contribution < 1.29 is 9.53 Å². The molecule has 1 amide bonds. The van der Waals surface area contributed by atoms with E-state index in [-0.39, 0.29) is 5.91 Å². The summed E-state index contributed by atoms with van der Waals surface area (Å²) in [5.41, 5.74) is 1.87. The Morgan fingerprint density at radius 1 is 1.46 bits per heavy atom. The minimum Gasteiger partial charge on any atom is -0.494 e. The fraction of sp³-hybridized carbons (Fsp3) is 0.312. The number of fused-ring (bicyclic) bond motifs is 2. The second-order valence-corrected chi connectivity index (χ2v) is 7.22. The summed E-state index contributed by atoms with van der Waals surface area (Å²) in [6.07, 6.45) is 0.339. The molecule has 0 fully saturated rings. The number of rotatable bonds is 5. The Bertz CT molecular complexity index is 859. The smallest absolute Gasteiger partial charge is 0.232 e. The number of hydrogen-bond acceptors (Lipinski definition) is 7. The number of benzene rings is 1. The van der Waals surface area contributed by atoms with Gasteiger partial charge in [0.25, 0.3) is 0 Å².